The average molecular weight is 332 g/mol. The van der Waals surface area contributed by atoms with Gasteiger partial charge in [0.2, 0.25) is 0 Å². The first-order valence-electron chi connectivity index (χ1n) is 7.26. The topological polar surface area (TPSA) is 60.4 Å². The van der Waals surface area contributed by atoms with Crippen molar-refractivity contribution >= 4 is 15.9 Å². The normalized spacial score (nSPS) is 11.3. The quantitative estimate of drug-likeness (QED) is 0.629. The first-order chi connectivity index (χ1) is 10.6. The van der Waals surface area contributed by atoms with Gasteiger partial charge in [0, 0.05) is 5.56 Å². The van der Waals surface area contributed by atoms with Crippen molar-refractivity contribution in [3.05, 3.63) is 58.1 Å². The molecule has 0 aromatic heterocycles. The zero-order valence-electron chi connectivity index (χ0n) is 13.9. The Bertz CT molecular complexity index is 837. The number of carbonyl (C=O) groups excluding carboxylic acids is 1. The van der Waals surface area contributed by atoms with Crippen molar-refractivity contribution in [2.45, 2.75) is 39.5 Å². The number of hydrogen-bond donors (Lipinski definition) is 0. The highest BCUT2D eigenvalue weighted by molar-refractivity contribution is 7.87. The summed E-state index contributed by atoms with van der Waals surface area (Å²) in [6, 6.07) is 8.04. The van der Waals surface area contributed by atoms with Crippen LogP contribution in [0.5, 0.6) is 5.75 Å². The van der Waals surface area contributed by atoms with Crippen LogP contribution in [-0.2, 0) is 10.1 Å². The predicted molar refractivity (Wildman–Crippen MR) is 89.7 cm³/mol. The summed E-state index contributed by atoms with van der Waals surface area (Å²) < 4.78 is 30.6. The molecule has 23 heavy (non-hydrogen) atoms. The summed E-state index contributed by atoms with van der Waals surface area (Å²) in [6.07, 6.45) is 0. The molecule has 0 aliphatic carbocycles. The summed E-state index contributed by atoms with van der Waals surface area (Å²) >= 11 is 0. The third-order valence-corrected chi connectivity index (χ3v) is 5.54. The molecule has 0 radical (unpaired) electrons. The van der Waals surface area contributed by atoms with Gasteiger partial charge in [-0.3, -0.25) is 4.79 Å². The molecule has 0 amide bonds. The molecule has 0 aliphatic rings. The average Bonchev–Trinajstić information content (AvgIpc) is 2.45. The molecule has 5 heteroatoms. The molecule has 2 aromatic rings. The molecule has 122 valence electrons. The van der Waals surface area contributed by atoms with Gasteiger partial charge in [-0.25, -0.2) is 0 Å². The van der Waals surface area contributed by atoms with Gasteiger partial charge in [-0.15, -0.1) is 0 Å². The number of rotatable bonds is 4. The van der Waals surface area contributed by atoms with Crippen molar-refractivity contribution < 1.29 is 17.4 Å². The molecule has 0 unspecified atom stereocenters. The first kappa shape index (κ1) is 17.2. The maximum atomic E-state index is 12.7. The van der Waals surface area contributed by atoms with E-state index in [1.165, 1.54) is 19.1 Å². The number of ketones is 1. The Hall–Kier alpha value is -2.14. The van der Waals surface area contributed by atoms with Gasteiger partial charge in [0.05, 0.1) is 0 Å². The Balaban J connectivity index is 2.46. The molecule has 0 saturated carbocycles. The fraction of sp³-hybridized carbons (Fsp3) is 0.278. The summed E-state index contributed by atoms with van der Waals surface area (Å²) in [6.45, 7) is 8.76. The van der Waals surface area contributed by atoms with E-state index in [2.05, 4.69) is 0 Å². The maximum Gasteiger partial charge on any atom is 0.339 e. The first-order valence-corrected chi connectivity index (χ1v) is 8.67. The van der Waals surface area contributed by atoms with Crippen LogP contribution < -0.4 is 4.18 Å². The molecule has 0 saturated heterocycles. The lowest BCUT2D eigenvalue weighted by Crippen LogP contribution is -2.14. The summed E-state index contributed by atoms with van der Waals surface area (Å²) in [4.78, 5) is 11.5. The molecule has 0 heterocycles. The van der Waals surface area contributed by atoms with Crippen LogP contribution in [0.25, 0.3) is 0 Å². The van der Waals surface area contributed by atoms with Gasteiger partial charge in [0.15, 0.2) is 5.78 Å². The van der Waals surface area contributed by atoms with E-state index in [0.717, 1.165) is 11.1 Å². The van der Waals surface area contributed by atoms with Crippen molar-refractivity contribution in [1.29, 1.82) is 0 Å². The van der Waals surface area contributed by atoms with Gasteiger partial charge < -0.3 is 4.18 Å². The second kappa shape index (κ2) is 6.16. The van der Waals surface area contributed by atoms with E-state index >= 15 is 0 Å². The lowest BCUT2D eigenvalue weighted by atomic mass is 10.0. The van der Waals surface area contributed by atoms with Crippen LogP contribution in [0.3, 0.4) is 0 Å². The highest BCUT2D eigenvalue weighted by Gasteiger charge is 2.24. The smallest absolute Gasteiger partial charge is 0.339 e. The standard InChI is InChI=1S/C18H20O4S/c1-11-10-12(2)14(4)18(13(11)3)23(20,21)22-17-8-6-16(7-9-17)15(5)19/h6-10H,1-5H3. The summed E-state index contributed by atoms with van der Waals surface area (Å²) in [7, 11) is -3.94. The van der Waals surface area contributed by atoms with E-state index < -0.39 is 10.1 Å². The largest absolute Gasteiger partial charge is 0.379 e. The van der Waals surface area contributed by atoms with Crippen LogP contribution in [0.15, 0.2) is 35.2 Å². The lowest BCUT2D eigenvalue weighted by molar-refractivity contribution is 0.101. The second-order valence-electron chi connectivity index (χ2n) is 5.71. The summed E-state index contributed by atoms with van der Waals surface area (Å²) in [5.74, 6) is 0.105. The van der Waals surface area contributed by atoms with Crippen LogP contribution in [0.2, 0.25) is 0 Å². The highest BCUT2D eigenvalue weighted by atomic mass is 32.2. The minimum Gasteiger partial charge on any atom is -0.379 e. The van der Waals surface area contributed by atoms with E-state index in [0.29, 0.717) is 16.7 Å². The van der Waals surface area contributed by atoms with Gasteiger partial charge in [0.25, 0.3) is 0 Å². The van der Waals surface area contributed by atoms with Gasteiger partial charge in [-0.1, -0.05) is 6.07 Å². The monoisotopic (exact) mass is 332 g/mol. The van der Waals surface area contributed by atoms with Crippen molar-refractivity contribution in [2.75, 3.05) is 0 Å². The van der Waals surface area contributed by atoms with Gasteiger partial charge in [-0.05, 0) is 81.1 Å². The SMILES string of the molecule is CC(=O)c1ccc(OS(=O)(=O)c2c(C)c(C)cc(C)c2C)cc1. The molecular weight excluding hydrogens is 312 g/mol. The second-order valence-corrected chi connectivity index (χ2v) is 7.19. The van der Waals surface area contributed by atoms with Gasteiger partial charge >= 0.3 is 10.1 Å². The molecule has 0 fully saturated rings. The molecule has 0 bridgehead atoms. The Labute approximate surface area is 137 Å². The third-order valence-electron chi connectivity index (χ3n) is 4.01. The minimum atomic E-state index is -3.94. The zero-order valence-corrected chi connectivity index (χ0v) is 14.7. The summed E-state index contributed by atoms with van der Waals surface area (Å²) in [5, 5.41) is 0. The van der Waals surface area contributed by atoms with Crippen molar-refractivity contribution in [3.63, 3.8) is 0 Å². The van der Waals surface area contributed by atoms with Crippen LogP contribution in [0.4, 0.5) is 0 Å². The van der Waals surface area contributed by atoms with E-state index in [4.69, 9.17) is 4.18 Å². The Kier molecular flexibility index (Phi) is 4.61. The van der Waals surface area contributed by atoms with E-state index in [9.17, 15) is 13.2 Å². The molecule has 2 rings (SSSR count). The fourth-order valence-electron chi connectivity index (χ4n) is 2.47. The van der Waals surface area contributed by atoms with Crippen LogP contribution >= 0.6 is 0 Å². The number of carbonyl (C=O) groups is 1. The van der Waals surface area contributed by atoms with Gasteiger partial charge in [-0.2, -0.15) is 8.42 Å². The summed E-state index contributed by atoms with van der Waals surface area (Å²) in [5.41, 5.74) is 3.69. The van der Waals surface area contributed by atoms with Crippen LogP contribution in [0, 0.1) is 27.7 Å². The third kappa shape index (κ3) is 3.45. The molecular formula is C18H20O4S. The molecule has 2 aromatic carbocycles. The number of Topliss-reactive ketones (excluding diaryl/α,β-unsaturated/α-hetero) is 1. The Morgan fingerprint density at radius 2 is 1.39 bits per heavy atom. The number of hydrogen-bond acceptors (Lipinski definition) is 4. The Morgan fingerprint density at radius 3 is 1.83 bits per heavy atom. The minimum absolute atomic E-state index is 0.0830. The van der Waals surface area contributed by atoms with E-state index in [1.807, 2.05) is 19.9 Å². The van der Waals surface area contributed by atoms with E-state index in [1.54, 1.807) is 26.0 Å². The Morgan fingerprint density at radius 1 is 0.913 bits per heavy atom. The van der Waals surface area contributed by atoms with Gasteiger partial charge in [0.1, 0.15) is 10.6 Å². The molecule has 0 N–H and O–H groups in total. The maximum absolute atomic E-state index is 12.7. The molecule has 0 atom stereocenters. The number of benzene rings is 2. The molecule has 0 spiro atoms. The zero-order chi connectivity index (χ0) is 17.4. The highest BCUT2D eigenvalue weighted by Crippen LogP contribution is 2.28. The lowest BCUT2D eigenvalue weighted by Gasteiger charge is -2.16. The molecule has 4 nitrogen and oxygen atoms in total. The fourth-order valence-corrected chi connectivity index (χ4v) is 3.99. The molecule has 0 aliphatic heterocycles. The number of aryl methyl sites for hydroxylation is 2. The van der Waals surface area contributed by atoms with Crippen molar-refractivity contribution in [2.24, 2.45) is 0 Å². The van der Waals surface area contributed by atoms with Crippen molar-refractivity contribution in [1.82, 2.24) is 0 Å². The van der Waals surface area contributed by atoms with Crippen LogP contribution in [-0.4, -0.2) is 14.2 Å². The van der Waals surface area contributed by atoms with Crippen LogP contribution in [0.1, 0.15) is 39.5 Å². The van der Waals surface area contributed by atoms with Crippen molar-refractivity contribution in [3.8, 4) is 5.75 Å². The van der Waals surface area contributed by atoms with E-state index in [-0.39, 0.29) is 16.4 Å². The predicted octanol–water partition coefficient (Wildman–Crippen LogP) is 3.89.